The molecule has 0 spiro atoms. The van der Waals surface area contributed by atoms with Crippen LogP contribution in [0.25, 0.3) is 0 Å². The number of anilines is 1. The van der Waals surface area contributed by atoms with Crippen LogP contribution in [0.15, 0.2) is 11.0 Å². The van der Waals surface area contributed by atoms with Gasteiger partial charge in [-0.2, -0.15) is 4.98 Å². The van der Waals surface area contributed by atoms with E-state index in [-0.39, 0.29) is 0 Å². The normalized spacial score (nSPS) is 29.4. The van der Waals surface area contributed by atoms with E-state index in [0.717, 1.165) is 10.8 Å². The molecule has 0 amide bonds. The highest BCUT2D eigenvalue weighted by atomic mass is 19.1. The van der Waals surface area contributed by atoms with Crippen molar-refractivity contribution in [2.75, 3.05) is 5.73 Å². The maximum Gasteiger partial charge on any atom is 0.351 e. The third-order valence-corrected chi connectivity index (χ3v) is 2.96. The lowest BCUT2D eigenvalue weighted by Crippen LogP contribution is -2.37. The summed E-state index contributed by atoms with van der Waals surface area (Å²) in [4.78, 5) is 25.9. The van der Waals surface area contributed by atoms with Crippen LogP contribution < -0.4 is 11.4 Å². The minimum atomic E-state index is -1.32. The molecule has 4 atom stereocenters. The fourth-order valence-electron chi connectivity index (χ4n) is 2.05. The average molecular weight is 287 g/mol. The van der Waals surface area contributed by atoms with Crippen LogP contribution in [-0.4, -0.2) is 38.9 Å². The Morgan fingerprint density at radius 3 is 2.90 bits per heavy atom. The Labute approximate surface area is 112 Å². The van der Waals surface area contributed by atoms with E-state index >= 15 is 0 Å². The molecule has 2 rings (SSSR count). The topological polar surface area (TPSA) is 117 Å². The number of aromatic nitrogens is 2. The number of aliphatic hydroxyl groups excluding tert-OH is 1. The quantitative estimate of drug-likeness (QED) is 0.682. The van der Waals surface area contributed by atoms with Gasteiger partial charge < -0.3 is 20.3 Å². The van der Waals surface area contributed by atoms with Gasteiger partial charge in [-0.25, -0.2) is 9.18 Å². The second kappa shape index (κ2) is 5.17. The van der Waals surface area contributed by atoms with Crippen molar-refractivity contribution in [3.63, 3.8) is 0 Å². The molecule has 0 aliphatic carbocycles. The summed E-state index contributed by atoms with van der Waals surface area (Å²) in [5, 5.41) is 10.1. The lowest BCUT2D eigenvalue weighted by Gasteiger charge is -2.19. The number of nitrogen functional groups attached to an aromatic ring is 1. The maximum atomic E-state index is 13.4. The van der Waals surface area contributed by atoms with Gasteiger partial charge in [-0.15, -0.1) is 0 Å². The van der Waals surface area contributed by atoms with Crippen molar-refractivity contribution in [1.29, 1.82) is 0 Å². The maximum absolute atomic E-state index is 13.4. The van der Waals surface area contributed by atoms with Crippen molar-refractivity contribution in [1.82, 2.24) is 9.55 Å². The van der Waals surface area contributed by atoms with E-state index in [1.54, 1.807) is 6.92 Å². The summed E-state index contributed by atoms with van der Waals surface area (Å²) in [5.74, 6) is -2.05. The number of halogens is 1. The number of hydrogen-bond acceptors (Lipinski definition) is 7. The first-order chi connectivity index (χ1) is 9.31. The van der Waals surface area contributed by atoms with Crippen LogP contribution in [0.1, 0.15) is 20.1 Å². The van der Waals surface area contributed by atoms with Crippen molar-refractivity contribution in [3.05, 3.63) is 22.5 Å². The first-order valence-electron chi connectivity index (χ1n) is 5.86. The Balaban J connectivity index is 2.33. The van der Waals surface area contributed by atoms with E-state index in [4.69, 9.17) is 15.2 Å². The van der Waals surface area contributed by atoms with Crippen LogP contribution in [0.5, 0.6) is 0 Å². The van der Waals surface area contributed by atoms with E-state index in [2.05, 4.69) is 4.98 Å². The molecule has 0 unspecified atom stereocenters. The molecule has 1 aromatic rings. The largest absolute Gasteiger partial charge is 0.457 e. The van der Waals surface area contributed by atoms with Crippen molar-refractivity contribution in [2.24, 2.45) is 0 Å². The smallest absolute Gasteiger partial charge is 0.351 e. The molecule has 8 nitrogen and oxygen atoms in total. The number of carbonyl (C=O) groups is 1. The molecule has 0 saturated carbocycles. The molecule has 110 valence electrons. The molecule has 1 fully saturated rings. The Morgan fingerprint density at radius 1 is 1.65 bits per heavy atom. The van der Waals surface area contributed by atoms with E-state index in [1.807, 2.05) is 0 Å². The van der Waals surface area contributed by atoms with Gasteiger partial charge in [0.15, 0.2) is 24.0 Å². The average Bonchev–Trinajstić information content (AvgIpc) is 2.61. The molecule has 1 saturated heterocycles. The lowest BCUT2D eigenvalue weighted by molar-refractivity contribution is -0.152. The van der Waals surface area contributed by atoms with E-state index < -0.39 is 47.8 Å². The SMILES string of the molecule is CC(=O)O[C@H]1[C@@H](O)[C@H](n2cc(F)c(N)nc2=O)O[C@@H]1C. The first-order valence-corrected chi connectivity index (χ1v) is 5.86. The molecule has 0 bridgehead atoms. The number of esters is 1. The highest BCUT2D eigenvalue weighted by Crippen LogP contribution is 2.30. The minimum absolute atomic E-state index is 0.539. The van der Waals surface area contributed by atoms with Gasteiger partial charge >= 0.3 is 11.7 Å². The summed E-state index contributed by atoms with van der Waals surface area (Å²) in [6, 6.07) is 0. The highest BCUT2D eigenvalue weighted by molar-refractivity contribution is 5.66. The number of rotatable bonds is 2. The Bertz CT molecular complexity index is 590. The van der Waals surface area contributed by atoms with Crippen LogP contribution in [0.3, 0.4) is 0 Å². The van der Waals surface area contributed by atoms with Gasteiger partial charge in [-0.3, -0.25) is 9.36 Å². The number of hydrogen-bond donors (Lipinski definition) is 2. The number of nitrogens with zero attached hydrogens (tertiary/aromatic N) is 2. The van der Waals surface area contributed by atoms with Crippen LogP contribution in [0, 0.1) is 5.82 Å². The molecule has 0 aromatic carbocycles. The Hall–Kier alpha value is -2.00. The van der Waals surface area contributed by atoms with Crippen molar-refractivity contribution in [3.8, 4) is 0 Å². The summed E-state index contributed by atoms with van der Waals surface area (Å²) in [6.45, 7) is 2.74. The number of nitrogens with two attached hydrogens (primary N) is 1. The van der Waals surface area contributed by atoms with E-state index in [9.17, 15) is 19.1 Å². The van der Waals surface area contributed by atoms with Gasteiger partial charge in [0.1, 0.15) is 6.10 Å². The summed E-state index contributed by atoms with van der Waals surface area (Å²) in [5.41, 5.74) is 4.30. The number of ether oxygens (including phenoxy) is 2. The van der Waals surface area contributed by atoms with Crippen LogP contribution in [-0.2, 0) is 14.3 Å². The molecule has 1 aliphatic rings. The van der Waals surface area contributed by atoms with Gasteiger partial charge in [0, 0.05) is 6.92 Å². The fourth-order valence-corrected chi connectivity index (χ4v) is 2.05. The minimum Gasteiger partial charge on any atom is -0.457 e. The molecule has 2 heterocycles. The van der Waals surface area contributed by atoms with Crippen molar-refractivity contribution < 1.29 is 23.8 Å². The second-order valence-corrected chi connectivity index (χ2v) is 4.46. The second-order valence-electron chi connectivity index (χ2n) is 4.46. The monoisotopic (exact) mass is 287 g/mol. The van der Waals surface area contributed by atoms with Gasteiger partial charge in [-0.1, -0.05) is 0 Å². The van der Waals surface area contributed by atoms with Crippen molar-refractivity contribution in [2.45, 2.75) is 38.4 Å². The summed E-state index contributed by atoms with van der Waals surface area (Å²) in [7, 11) is 0. The van der Waals surface area contributed by atoms with Gasteiger partial charge in [0.2, 0.25) is 0 Å². The standard InChI is InChI=1S/C11H14FN3O5/c1-4-8(20-5(2)16)7(17)10(19-4)15-3-6(12)9(13)14-11(15)18/h3-4,7-8,10,17H,1-2H3,(H2,13,14,18)/t4-,7-,8-,10-/m1/s1. The summed E-state index contributed by atoms with van der Waals surface area (Å²) in [6.07, 6.45) is -3.35. The van der Waals surface area contributed by atoms with Crippen molar-refractivity contribution >= 4 is 11.8 Å². The third-order valence-electron chi connectivity index (χ3n) is 2.96. The molecule has 0 radical (unpaired) electrons. The molecule has 1 aliphatic heterocycles. The number of aliphatic hydroxyl groups is 1. The van der Waals surface area contributed by atoms with Gasteiger partial charge in [0.25, 0.3) is 0 Å². The molecule has 1 aromatic heterocycles. The molecular formula is C11H14FN3O5. The molecule has 9 heteroatoms. The zero-order valence-corrected chi connectivity index (χ0v) is 10.8. The highest BCUT2D eigenvalue weighted by Gasteiger charge is 2.45. The van der Waals surface area contributed by atoms with Crippen LogP contribution >= 0.6 is 0 Å². The van der Waals surface area contributed by atoms with E-state index in [1.165, 1.54) is 6.92 Å². The van der Waals surface area contributed by atoms with Crippen LogP contribution in [0.4, 0.5) is 10.2 Å². The van der Waals surface area contributed by atoms with Crippen LogP contribution in [0.2, 0.25) is 0 Å². The summed E-state index contributed by atoms with van der Waals surface area (Å²) < 4.78 is 24.4. The Kier molecular flexibility index (Phi) is 3.73. The predicted octanol–water partition coefficient (Wildman–Crippen LogP) is -0.826. The Morgan fingerprint density at radius 2 is 2.30 bits per heavy atom. The molecular weight excluding hydrogens is 273 g/mol. The van der Waals surface area contributed by atoms with E-state index in [0.29, 0.717) is 0 Å². The van der Waals surface area contributed by atoms with Gasteiger partial charge in [0.05, 0.1) is 12.3 Å². The predicted molar refractivity (Wildman–Crippen MR) is 64.0 cm³/mol. The number of carbonyl (C=O) groups excluding carboxylic acids is 1. The summed E-state index contributed by atoms with van der Waals surface area (Å²) >= 11 is 0. The molecule has 20 heavy (non-hydrogen) atoms. The third kappa shape index (κ3) is 2.49. The zero-order valence-electron chi connectivity index (χ0n) is 10.8. The lowest BCUT2D eigenvalue weighted by atomic mass is 10.1. The fraction of sp³-hybridized carbons (Fsp3) is 0.545. The molecule has 3 N–H and O–H groups in total. The first kappa shape index (κ1) is 14.4. The zero-order chi connectivity index (χ0) is 15.0. The van der Waals surface area contributed by atoms with Gasteiger partial charge in [-0.05, 0) is 6.92 Å².